The van der Waals surface area contributed by atoms with Crippen molar-refractivity contribution in [2.24, 2.45) is 0 Å². The standard InChI is InChI=1S/C15H12ClNO2/c1-10-3-6-13(16)15(7-10)19-14-8-12(18-2)5-4-11(14)9-17/h3-8H,1-2H3. The van der Waals surface area contributed by atoms with E-state index in [1.165, 1.54) is 0 Å². The molecule has 0 heterocycles. The molecule has 0 aromatic heterocycles. The van der Waals surface area contributed by atoms with Crippen LogP contribution in [0.15, 0.2) is 36.4 Å². The van der Waals surface area contributed by atoms with Gasteiger partial charge in [0.05, 0.1) is 17.7 Å². The Morgan fingerprint density at radius 1 is 1.11 bits per heavy atom. The first-order valence-electron chi connectivity index (χ1n) is 5.66. The predicted molar refractivity (Wildman–Crippen MR) is 74.0 cm³/mol. The number of ether oxygens (including phenoxy) is 2. The van der Waals surface area contributed by atoms with Gasteiger partial charge in [-0.2, -0.15) is 5.26 Å². The lowest BCUT2D eigenvalue weighted by molar-refractivity contribution is 0.409. The number of nitriles is 1. The summed E-state index contributed by atoms with van der Waals surface area (Å²) in [7, 11) is 1.56. The molecule has 0 radical (unpaired) electrons. The summed E-state index contributed by atoms with van der Waals surface area (Å²) in [6.07, 6.45) is 0. The van der Waals surface area contributed by atoms with Crippen LogP contribution in [0.25, 0.3) is 0 Å². The van der Waals surface area contributed by atoms with Gasteiger partial charge in [-0.05, 0) is 36.8 Å². The fourth-order valence-corrected chi connectivity index (χ4v) is 1.77. The molecule has 0 aliphatic rings. The number of nitrogens with zero attached hydrogens (tertiary/aromatic N) is 1. The molecule has 0 saturated heterocycles. The molecular formula is C15H12ClNO2. The minimum absolute atomic E-state index is 0.425. The summed E-state index contributed by atoms with van der Waals surface area (Å²) in [6.45, 7) is 1.94. The summed E-state index contributed by atoms with van der Waals surface area (Å²) in [5.41, 5.74) is 1.46. The van der Waals surface area contributed by atoms with Crippen molar-refractivity contribution in [3.05, 3.63) is 52.5 Å². The third kappa shape index (κ3) is 2.98. The minimum atomic E-state index is 0.425. The Balaban J connectivity index is 2.42. The van der Waals surface area contributed by atoms with Crippen LogP contribution < -0.4 is 9.47 Å². The van der Waals surface area contributed by atoms with E-state index in [1.807, 2.05) is 19.1 Å². The molecular weight excluding hydrogens is 262 g/mol. The van der Waals surface area contributed by atoms with Crippen molar-refractivity contribution in [3.8, 4) is 23.3 Å². The second kappa shape index (κ2) is 5.64. The summed E-state index contributed by atoms with van der Waals surface area (Å²) in [5, 5.41) is 9.58. The van der Waals surface area contributed by atoms with Gasteiger partial charge in [0.15, 0.2) is 0 Å². The van der Waals surface area contributed by atoms with E-state index < -0.39 is 0 Å². The van der Waals surface area contributed by atoms with Crippen LogP contribution in [0, 0.1) is 18.3 Å². The zero-order valence-corrected chi connectivity index (χ0v) is 11.4. The number of benzene rings is 2. The van der Waals surface area contributed by atoms with Gasteiger partial charge < -0.3 is 9.47 Å². The summed E-state index contributed by atoms with van der Waals surface area (Å²) < 4.78 is 10.8. The molecule has 19 heavy (non-hydrogen) atoms. The Bertz CT molecular complexity index is 647. The Kier molecular flexibility index (Phi) is 3.94. The van der Waals surface area contributed by atoms with E-state index in [0.717, 1.165) is 5.56 Å². The lowest BCUT2D eigenvalue weighted by atomic mass is 10.2. The van der Waals surface area contributed by atoms with Crippen LogP contribution in [-0.4, -0.2) is 7.11 Å². The fourth-order valence-electron chi connectivity index (χ4n) is 1.61. The molecule has 0 amide bonds. The molecule has 2 rings (SSSR count). The predicted octanol–water partition coefficient (Wildman–Crippen LogP) is 4.32. The maximum absolute atomic E-state index is 9.08. The van der Waals surface area contributed by atoms with Crippen molar-refractivity contribution in [2.45, 2.75) is 6.92 Å². The average Bonchev–Trinajstić information content (AvgIpc) is 2.42. The van der Waals surface area contributed by atoms with Crippen LogP contribution in [-0.2, 0) is 0 Å². The molecule has 0 aliphatic heterocycles. The van der Waals surface area contributed by atoms with E-state index in [2.05, 4.69) is 6.07 Å². The van der Waals surface area contributed by atoms with Gasteiger partial charge >= 0.3 is 0 Å². The second-order valence-electron chi connectivity index (χ2n) is 4.01. The van der Waals surface area contributed by atoms with Crippen molar-refractivity contribution < 1.29 is 9.47 Å². The molecule has 0 spiro atoms. The van der Waals surface area contributed by atoms with Gasteiger partial charge in [-0.1, -0.05) is 17.7 Å². The highest BCUT2D eigenvalue weighted by Gasteiger charge is 2.09. The summed E-state index contributed by atoms with van der Waals surface area (Å²) in [4.78, 5) is 0. The van der Waals surface area contributed by atoms with Gasteiger partial charge in [0.1, 0.15) is 23.3 Å². The number of rotatable bonds is 3. The van der Waals surface area contributed by atoms with Crippen LogP contribution in [0.2, 0.25) is 5.02 Å². The van der Waals surface area contributed by atoms with E-state index >= 15 is 0 Å². The average molecular weight is 274 g/mol. The van der Waals surface area contributed by atoms with Crippen LogP contribution in [0.5, 0.6) is 17.2 Å². The van der Waals surface area contributed by atoms with E-state index in [9.17, 15) is 0 Å². The number of hydrogen-bond acceptors (Lipinski definition) is 3. The summed E-state index contributed by atoms with van der Waals surface area (Å²) in [6, 6.07) is 12.6. The van der Waals surface area contributed by atoms with Gasteiger partial charge in [0.2, 0.25) is 0 Å². The van der Waals surface area contributed by atoms with E-state index in [-0.39, 0.29) is 0 Å². The first-order chi connectivity index (χ1) is 9.13. The number of methoxy groups -OCH3 is 1. The van der Waals surface area contributed by atoms with Crippen LogP contribution >= 0.6 is 11.6 Å². The summed E-state index contributed by atoms with van der Waals surface area (Å²) >= 11 is 6.08. The van der Waals surface area contributed by atoms with Gasteiger partial charge in [0.25, 0.3) is 0 Å². The molecule has 3 nitrogen and oxygen atoms in total. The van der Waals surface area contributed by atoms with Gasteiger partial charge in [-0.15, -0.1) is 0 Å². The monoisotopic (exact) mass is 273 g/mol. The number of hydrogen-bond donors (Lipinski definition) is 0. The minimum Gasteiger partial charge on any atom is -0.497 e. The SMILES string of the molecule is COc1ccc(C#N)c(Oc2cc(C)ccc2Cl)c1. The largest absolute Gasteiger partial charge is 0.497 e. The van der Waals surface area contributed by atoms with Crippen molar-refractivity contribution in [1.82, 2.24) is 0 Å². The van der Waals surface area contributed by atoms with Gasteiger partial charge in [0, 0.05) is 6.07 Å². The highest BCUT2D eigenvalue weighted by atomic mass is 35.5. The van der Waals surface area contributed by atoms with Crippen molar-refractivity contribution in [2.75, 3.05) is 7.11 Å². The van der Waals surface area contributed by atoms with Crippen LogP contribution in [0.1, 0.15) is 11.1 Å². The molecule has 0 bridgehead atoms. The van der Waals surface area contributed by atoms with E-state index in [1.54, 1.807) is 31.4 Å². The lowest BCUT2D eigenvalue weighted by Crippen LogP contribution is -1.91. The second-order valence-corrected chi connectivity index (χ2v) is 4.42. The van der Waals surface area contributed by atoms with E-state index in [0.29, 0.717) is 27.8 Å². The zero-order chi connectivity index (χ0) is 13.8. The molecule has 0 aliphatic carbocycles. The highest BCUT2D eigenvalue weighted by molar-refractivity contribution is 6.32. The Morgan fingerprint density at radius 2 is 1.89 bits per heavy atom. The molecule has 4 heteroatoms. The topological polar surface area (TPSA) is 42.2 Å². The normalized spacial score (nSPS) is 9.79. The van der Waals surface area contributed by atoms with Crippen molar-refractivity contribution in [3.63, 3.8) is 0 Å². The number of halogens is 1. The maximum Gasteiger partial charge on any atom is 0.148 e. The smallest absolute Gasteiger partial charge is 0.148 e. The molecule has 0 unspecified atom stereocenters. The lowest BCUT2D eigenvalue weighted by Gasteiger charge is -2.11. The Morgan fingerprint density at radius 3 is 2.58 bits per heavy atom. The summed E-state index contributed by atoms with van der Waals surface area (Å²) in [5.74, 6) is 1.57. The molecule has 0 atom stereocenters. The Hall–Kier alpha value is -2.18. The van der Waals surface area contributed by atoms with Gasteiger partial charge in [-0.25, -0.2) is 0 Å². The first-order valence-corrected chi connectivity index (χ1v) is 6.04. The number of aryl methyl sites for hydroxylation is 1. The Labute approximate surface area is 117 Å². The van der Waals surface area contributed by atoms with Crippen molar-refractivity contribution in [1.29, 1.82) is 5.26 Å². The molecule has 96 valence electrons. The molecule has 0 saturated carbocycles. The first kappa shape index (κ1) is 13.3. The molecule has 0 N–H and O–H groups in total. The van der Waals surface area contributed by atoms with Gasteiger partial charge in [-0.3, -0.25) is 0 Å². The fraction of sp³-hybridized carbons (Fsp3) is 0.133. The van der Waals surface area contributed by atoms with Crippen LogP contribution in [0.3, 0.4) is 0 Å². The zero-order valence-electron chi connectivity index (χ0n) is 10.6. The molecule has 2 aromatic rings. The van der Waals surface area contributed by atoms with Crippen LogP contribution in [0.4, 0.5) is 0 Å². The molecule has 2 aromatic carbocycles. The molecule has 0 fully saturated rings. The third-order valence-electron chi connectivity index (χ3n) is 2.62. The van der Waals surface area contributed by atoms with Crippen molar-refractivity contribution >= 4 is 11.6 Å². The van der Waals surface area contributed by atoms with E-state index in [4.69, 9.17) is 26.3 Å². The quantitative estimate of drug-likeness (QED) is 0.836. The third-order valence-corrected chi connectivity index (χ3v) is 2.93. The highest BCUT2D eigenvalue weighted by Crippen LogP contribution is 2.33. The maximum atomic E-state index is 9.08.